The van der Waals surface area contributed by atoms with Gasteiger partial charge in [-0.05, 0) is 50.0 Å². The van der Waals surface area contributed by atoms with E-state index in [1.165, 1.54) is 6.08 Å². The maximum Gasteiger partial charge on any atom is 0.247 e. The van der Waals surface area contributed by atoms with E-state index < -0.39 is 6.04 Å². The molecule has 2 heterocycles. The Labute approximate surface area is 174 Å². The number of carbonyl (C=O) groups excluding carboxylic acids is 3. The number of anilines is 1. The number of amides is 3. The maximum atomic E-state index is 13.0. The van der Waals surface area contributed by atoms with Crippen LogP contribution in [-0.4, -0.2) is 53.2 Å². The molecule has 3 rings (SSSR count). The number of halogens is 2. The van der Waals surface area contributed by atoms with Crippen LogP contribution in [0.1, 0.15) is 25.7 Å². The van der Waals surface area contributed by atoms with Gasteiger partial charge in [-0.3, -0.25) is 14.4 Å². The molecule has 3 amide bonds. The van der Waals surface area contributed by atoms with Gasteiger partial charge in [0.2, 0.25) is 17.7 Å². The lowest BCUT2D eigenvalue weighted by Crippen LogP contribution is -2.48. The van der Waals surface area contributed by atoms with Crippen LogP contribution in [0.15, 0.2) is 30.9 Å². The number of hydrogen-bond acceptors (Lipinski definition) is 3. The number of rotatable bonds is 4. The van der Waals surface area contributed by atoms with Crippen molar-refractivity contribution in [3.05, 3.63) is 40.9 Å². The summed E-state index contributed by atoms with van der Waals surface area (Å²) in [5.41, 5.74) is 0.512. The van der Waals surface area contributed by atoms with Crippen LogP contribution in [0.4, 0.5) is 5.69 Å². The second kappa shape index (κ2) is 8.97. The number of nitrogens with one attached hydrogen (secondary N) is 1. The second-order valence-electron chi connectivity index (χ2n) is 7.14. The van der Waals surface area contributed by atoms with Crippen molar-refractivity contribution < 1.29 is 14.4 Å². The Morgan fingerprint density at radius 2 is 1.68 bits per heavy atom. The molecule has 8 heteroatoms. The molecule has 1 N–H and O–H groups in total. The minimum absolute atomic E-state index is 0.00696. The molecular formula is C20H23Cl2N3O3. The van der Waals surface area contributed by atoms with Crippen LogP contribution in [0.5, 0.6) is 0 Å². The first-order chi connectivity index (χ1) is 13.4. The summed E-state index contributed by atoms with van der Waals surface area (Å²) in [5, 5.41) is 3.68. The van der Waals surface area contributed by atoms with Crippen molar-refractivity contribution in [3.63, 3.8) is 0 Å². The van der Waals surface area contributed by atoms with Crippen molar-refractivity contribution in [1.82, 2.24) is 9.80 Å². The SMILES string of the molecule is C=CC(=O)N1CCC(C(=O)N2CCCC2C(=O)Nc2cc(Cl)cc(Cl)c2)CC1. The van der Waals surface area contributed by atoms with Crippen molar-refractivity contribution in [1.29, 1.82) is 0 Å². The molecular weight excluding hydrogens is 401 g/mol. The van der Waals surface area contributed by atoms with Crippen molar-refractivity contribution >= 4 is 46.6 Å². The van der Waals surface area contributed by atoms with Crippen molar-refractivity contribution in [2.45, 2.75) is 31.7 Å². The van der Waals surface area contributed by atoms with Crippen LogP contribution in [0.3, 0.4) is 0 Å². The van der Waals surface area contributed by atoms with E-state index in [2.05, 4.69) is 11.9 Å². The summed E-state index contributed by atoms with van der Waals surface area (Å²) in [6.45, 7) is 5.14. The van der Waals surface area contributed by atoms with Gasteiger partial charge >= 0.3 is 0 Å². The zero-order chi connectivity index (χ0) is 20.3. The van der Waals surface area contributed by atoms with E-state index in [0.29, 0.717) is 54.6 Å². The molecule has 0 radical (unpaired) electrons. The molecule has 1 unspecified atom stereocenters. The molecule has 0 aromatic heterocycles. The Kier molecular flexibility index (Phi) is 6.62. The zero-order valence-corrected chi connectivity index (χ0v) is 17.0. The van der Waals surface area contributed by atoms with Gasteiger partial charge < -0.3 is 15.1 Å². The summed E-state index contributed by atoms with van der Waals surface area (Å²) in [6.07, 6.45) is 3.92. The van der Waals surface area contributed by atoms with Crippen LogP contribution in [-0.2, 0) is 14.4 Å². The van der Waals surface area contributed by atoms with Gasteiger partial charge in [-0.25, -0.2) is 0 Å². The first-order valence-electron chi connectivity index (χ1n) is 9.38. The van der Waals surface area contributed by atoms with E-state index in [9.17, 15) is 14.4 Å². The van der Waals surface area contributed by atoms with Gasteiger partial charge in [0.25, 0.3) is 0 Å². The lowest BCUT2D eigenvalue weighted by Gasteiger charge is -2.34. The molecule has 6 nitrogen and oxygen atoms in total. The summed E-state index contributed by atoms with van der Waals surface area (Å²) in [5.74, 6) is -0.511. The Bertz CT molecular complexity index is 771. The highest BCUT2D eigenvalue weighted by atomic mass is 35.5. The monoisotopic (exact) mass is 423 g/mol. The van der Waals surface area contributed by atoms with Gasteiger partial charge in [-0.2, -0.15) is 0 Å². The molecule has 2 aliphatic rings. The van der Waals surface area contributed by atoms with E-state index in [0.717, 1.165) is 6.42 Å². The minimum Gasteiger partial charge on any atom is -0.339 e. The summed E-state index contributed by atoms with van der Waals surface area (Å²) >= 11 is 12.0. The smallest absolute Gasteiger partial charge is 0.247 e. The standard InChI is InChI=1S/C20H23Cl2N3O3/c1-2-18(26)24-8-5-13(6-9-24)20(28)25-7-3-4-17(25)19(27)23-16-11-14(21)10-15(22)12-16/h2,10-13,17H,1,3-9H2,(H,23,27). The number of piperidine rings is 1. The highest BCUT2D eigenvalue weighted by Crippen LogP contribution is 2.27. The lowest BCUT2D eigenvalue weighted by molar-refractivity contribution is -0.142. The Morgan fingerprint density at radius 3 is 2.29 bits per heavy atom. The average Bonchev–Trinajstić information content (AvgIpc) is 3.16. The zero-order valence-electron chi connectivity index (χ0n) is 15.5. The number of likely N-dealkylation sites (tertiary alicyclic amines) is 2. The van der Waals surface area contributed by atoms with Gasteiger partial charge in [0.05, 0.1) is 0 Å². The Balaban J connectivity index is 1.62. The van der Waals surface area contributed by atoms with E-state index in [4.69, 9.17) is 23.2 Å². The second-order valence-corrected chi connectivity index (χ2v) is 8.01. The third-order valence-electron chi connectivity index (χ3n) is 5.30. The predicted octanol–water partition coefficient (Wildman–Crippen LogP) is 3.35. The summed E-state index contributed by atoms with van der Waals surface area (Å²) < 4.78 is 0. The summed E-state index contributed by atoms with van der Waals surface area (Å²) in [6, 6.07) is 4.34. The van der Waals surface area contributed by atoms with Crippen molar-refractivity contribution in [2.75, 3.05) is 25.0 Å². The Morgan fingerprint density at radius 1 is 1.04 bits per heavy atom. The van der Waals surface area contributed by atoms with Crippen LogP contribution in [0.2, 0.25) is 10.0 Å². The van der Waals surface area contributed by atoms with Crippen LogP contribution in [0.25, 0.3) is 0 Å². The maximum absolute atomic E-state index is 13.0. The first kappa shape index (κ1) is 20.7. The summed E-state index contributed by atoms with van der Waals surface area (Å²) in [4.78, 5) is 40.8. The van der Waals surface area contributed by atoms with Crippen LogP contribution in [0, 0.1) is 5.92 Å². The first-order valence-corrected chi connectivity index (χ1v) is 10.1. The van der Waals surface area contributed by atoms with E-state index in [1.807, 2.05) is 0 Å². The lowest BCUT2D eigenvalue weighted by atomic mass is 9.94. The number of benzene rings is 1. The Hall–Kier alpha value is -2.05. The molecule has 1 aromatic rings. The average molecular weight is 424 g/mol. The molecule has 150 valence electrons. The van der Waals surface area contributed by atoms with Gasteiger partial charge in [-0.15, -0.1) is 0 Å². The van der Waals surface area contributed by atoms with Gasteiger partial charge in [0.1, 0.15) is 6.04 Å². The molecule has 0 saturated carbocycles. The fourth-order valence-electron chi connectivity index (χ4n) is 3.87. The van der Waals surface area contributed by atoms with E-state index in [-0.39, 0.29) is 23.6 Å². The van der Waals surface area contributed by atoms with Gasteiger partial charge in [-0.1, -0.05) is 29.8 Å². The van der Waals surface area contributed by atoms with Gasteiger partial charge in [0, 0.05) is 41.3 Å². The molecule has 2 aliphatic heterocycles. The fourth-order valence-corrected chi connectivity index (χ4v) is 4.39. The molecule has 2 fully saturated rings. The number of carbonyl (C=O) groups is 3. The largest absolute Gasteiger partial charge is 0.339 e. The quantitative estimate of drug-likeness (QED) is 0.754. The van der Waals surface area contributed by atoms with Crippen molar-refractivity contribution in [3.8, 4) is 0 Å². The van der Waals surface area contributed by atoms with Crippen molar-refractivity contribution in [2.24, 2.45) is 5.92 Å². The topological polar surface area (TPSA) is 69.7 Å². The summed E-state index contributed by atoms with van der Waals surface area (Å²) in [7, 11) is 0. The fraction of sp³-hybridized carbons (Fsp3) is 0.450. The van der Waals surface area contributed by atoms with Crippen LogP contribution < -0.4 is 5.32 Å². The number of nitrogens with zero attached hydrogens (tertiary/aromatic N) is 2. The minimum atomic E-state index is -0.502. The molecule has 28 heavy (non-hydrogen) atoms. The molecule has 0 spiro atoms. The highest BCUT2D eigenvalue weighted by molar-refractivity contribution is 6.35. The predicted molar refractivity (Wildman–Crippen MR) is 109 cm³/mol. The normalized spacial score (nSPS) is 20.1. The molecule has 0 aliphatic carbocycles. The molecule has 1 aromatic carbocycles. The molecule has 1 atom stereocenters. The third-order valence-corrected chi connectivity index (χ3v) is 5.74. The third kappa shape index (κ3) is 4.67. The number of hydrogen-bond donors (Lipinski definition) is 1. The van der Waals surface area contributed by atoms with Gasteiger partial charge in [0.15, 0.2) is 0 Å². The highest BCUT2D eigenvalue weighted by Gasteiger charge is 2.38. The van der Waals surface area contributed by atoms with Crippen LogP contribution >= 0.6 is 23.2 Å². The van der Waals surface area contributed by atoms with E-state index in [1.54, 1.807) is 28.0 Å². The molecule has 0 bridgehead atoms. The molecule has 2 saturated heterocycles. The van der Waals surface area contributed by atoms with E-state index >= 15 is 0 Å².